The number of nitrogens with one attached hydrogen (secondary N) is 2. The summed E-state index contributed by atoms with van der Waals surface area (Å²) in [5, 5.41) is 0.871. The molecule has 0 spiro atoms. The van der Waals surface area contributed by atoms with Crippen LogP contribution in [-0.2, 0) is 6.54 Å². The lowest BCUT2D eigenvalue weighted by Gasteiger charge is -2.34. The summed E-state index contributed by atoms with van der Waals surface area (Å²) in [5.74, 6) is 0. The van der Waals surface area contributed by atoms with E-state index in [4.69, 9.17) is 11.6 Å². The Balaban J connectivity index is 1.48. The molecule has 2 saturated heterocycles. The summed E-state index contributed by atoms with van der Waals surface area (Å²) in [6.45, 7) is 6.66. The van der Waals surface area contributed by atoms with Crippen LogP contribution in [0.3, 0.4) is 0 Å². The highest BCUT2D eigenvalue weighted by atomic mass is 35.5. The van der Waals surface area contributed by atoms with Crippen molar-refractivity contribution in [1.29, 1.82) is 0 Å². The number of benzene rings is 1. The second kappa shape index (κ2) is 7.62. The fourth-order valence-electron chi connectivity index (χ4n) is 4.14. The van der Waals surface area contributed by atoms with Gasteiger partial charge in [0.2, 0.25) is 0 Å². The van der Waals surface area contributed by atoms with Gasteiger partial charge in [0.25, 0.3) is 0 Å². The van der Waals surface area contributed by atoms with E-state index in [0.29, 0.717) is 0 Å². The van der Waals surface area contributed by atoms with E-state index in [1.54, 1.807) is 4.90 Å². The van der Waals surface area contributed by atoms with Crippen molar-refractivity contribution in [3.05, 3.63) is 34.9 Å². The zero-order valence-electron chi connectivity index (χ0n) is 13.0. The fourth-order valence-corrected chi connectivity index (χ4v) is 4.35. The molecular weight excluding hydrogens is 280 g/mol. The Bertz CT molecular complexity index is 433. The fraction of sp³-hybridized carbons (Fsp3) is 0.667. The third-order valence-electron chi connectivity index (χ3n) is 5.36. The highest BCUT2D eigenvalue weighted by Crippen LogP contribution is 2.10. The molecule has 2 aliphatic rings. The minimum atomic E-state index is 0.871. The van der Waals surface area contributed by atoms with Gasteiger partial charge in [0.15, 0.2) is 0 Å². The van der Waals surface area contributed by atoms with Gasteiger partial charge in [-0.3, -0.25) is 0 Å². The average Bonchev–Trinajstić information content (AvgIpc) is 2.77. The first-order chi connectivity index (χ1) is 10.3. The molecule has 0 aliphatic carbocycles. The molecule has 1 aromatic carbocycles. The number of piperidine rings is 1. The van der Waals surface area contributed by atoms with Crippen LogP contribution < -0.4 is 9.80 Å². The summed E-state index contributed by atoms with van der Waals surface area (Å²) in [6, 6.07) is 9.32. The van der Waals surface area contributed by atoms with Crippen LogP contribution in [0, 0.1) is 0 Å². The average molecular weight is 309 g/mol. The first-order valence-electron chi connectivity index (χ1n) is 8.74. The van der Waals surface area contributed by atoms with Crippen LogP contribution in [0.4, 0.5) is 0 Å². The number of likely N-dealkylation sites (tertiary alicyclic amines) is 2. The molecule has 0 bridgehead atoms. The van der Waals surface area contributed by atoms with E-state index in [9.17, 15) is 0 Å². The molecule has 0 saturated carbocycles. The molecule has 2 fully saturated rings. The van der Waals surface area contributed by atoms with Crippen molar-refractivity contribution < 1.29 is 9.80 Å². The largest absolute Gasteiger partial charge is 0.332 e. The number of hydrogen-bond donors (Lipinski definition) is 2. The van der Waals surface area contributed by atoms with Crippen molar-refractivity contribution in [2.45, 2.75) is 51.1 Å². The van der Waals surface area contributed by atoms with E-state index >= 15 is 0 Å². The third kappa shape index (κ3) is 4.45. The first-order valence-corrected chi connectivity index (χ1v) is 9.11. The monoisotopic (exact) mass is 308 g/mol. The van der Waals surface area contributed by atoms with E-state index < -0.39 is 0 Å². The molecule has 3 heteroatoms. The predicted molar refractivity (Wildman–Crippen MR) is 88.0 cm³/mol. The van der Waals surface area contributed by atoms with Gasteiger partial charge in [-0.2, -0.15) is 0 Å². The highest BCUT2D eigenvalue weighted by molar-refractivity contribution is 6.30. The van der Waals surface area contributed by atoms with Gasteiger partial charge in [-0.25, -0.2) is 0 Å². The van der Waals surface area contributed by atoms with Crippen molar-refractivity contribution in [1.82, 2.24) is 0 Å². The summed E-state index contributed by atoms with van der Waals surface area (Å²) in [4.78, 5) is 3.65. The zero-order valence-corrected chi connectivity index (χ0v) is 13.8. The van der Waals surface area contributed by atoms with Gasteiger partial charge in [0.05, 0.1) is 32.2 Å². The summed E-state index contributed by atoms with van der Waals surface area (Å²) < 4.78 is 0. The van der Waals surface area contributed by atoms with Gasteiger partial charge < -0.3 is 9.80 Å². The van der Waals surface area contributed by atoms with Crippen molar-refractivity contribution in [2.75, 3.05) is 26.2 Å². The standard InChI is InChI=1S/C18H27ClN2/c19-17-7-5-6-16(14-17)15-20-12-8-18(9-13-20)21-10-3-1-2-4-11-21/h5-7,14,18H,1-4,8-13,15H2/p+2. The topological polar surface area (TPSA) is 8.88 Å². The van der Waals surface area contributed by atoms with E-state index in [0.717, 1.165) is 17.6 Å². The lowest BCUT2D eigenvalue weighted by molar-refractivity contribution is -0.963. The van der Waals surface area contributed by atoms with Gasteiger partial charge >= 0.3 is 0 Å². The van der Waals surface area contributed by atoms with Crippen molar-refractivity contribution in [2.24, 2.45) is 0 Å². The van der Waals surface area contributed by atoms with Crippen LogP contribution in [-0.4, -0.2) is 32.2 Å². The molecule has 0 atom stereocenters. The summed E-state index contributed by atoms with van der Waals surface area (Å²) in [6.07, 6.45) is 8.64. The summed E-state index contributed by atoms with van der Waals surface area (Å²) in [7, 11) is 0. The molecule has 2 heterocycles. The Labute approximate surface area is 134 Å². The maximum Gasteiger partial charge on any atom is 0.103 e. The SMILES string of the molecule is Clc1cccc(C[NH+]2CCC([NH+]3CCCCCC3)CC2)c1. The van der Waals surface area contributed by atoms with Gasteiger partial charge in [0.1, 0.15) is 6.54 Å². The van der Waals surface area contributed by atoms with Crippen molar-refractivity contribution >= 4 is 11.6 Å². The molecule has 2 aliphatic heterocycles. The van der Waals surface area contributed by atoms with Crippen LogP contribution in [0.5, 0.6) is 0 Å². The quantitative estimate of drug-likeness (QED) is 0.834. The number of hydrogen-bond acceptors (Lipinski definition) is 0. The Morgan fingerprint density at radius 3 is 2.33 bits per heavy atom. The second-order valence-electron chi connectivity index (χ2n) is 6.90. The summed E-state index contributed by atoms with van der Waals surface area (Å²) >= 11 is 6.09. The van der Waals surface area contributed by atoms with Gasteiger partial charge in [-0.15, -0.1) is 0 Å². The predicted octanol–water partition coefficient (Wildman–Crippen LogP) is 1.35. The minimum Gasteiger partial charge on any atom is -0.332 e. The van der Waals surface area contributed by atoms with Gasteiger partial charge in [-0.05, 0) is 37.8 Å². The molecule has 0 amide bonds. The van der Waals surface area contributed by atoms with E-state index in [2.05, 4.69) is 18.2 Å². The number of quaternary nitrogens is 2. The Morgan fingerprint density at radius 1 is 0.952 bits per heavy atom. The first kappa shape index (κ1) is 15.3. The second-order valence-corrected chi connectivity index (χ2v) is 7.34. The van der Waals surface area contributed by atoms with E-state index in [1.165, 1.54) is 70.3 Å². The molecule has 2 nitrogen and oxygen atoms in total. The molecule has 3 rings (SSSR count). The van der Waals surface area contributed by atoms with E-state index in [1.807, 2.05) is 11.0 Å². The minimum absolute atomic E-state index is 0.871. The van der Waals surface area contributed by atoms with Crippen LogP contribution in [0.25, 0.3) is 0 Å². The highest BCUT2D eigenvalue weighted by Gasteiger charge is 2.30. The maximum atomic E-state index is 6.09. The summed E-state index contributed by atoms with van der Waals surface area (Å²) in [5.41, 5.74) is 1.39. The van der Waals surface area contributed by atoms with Crippen LogP contribution in [0.2, 0.25) is 5.02 Å². The van der Waals surface area contributed by atoms with Crippen molar-refractivity contribution in [3.8, 4) is 0 Å². The zero-order chi connectivity index (χ0) is 14.5. The molecule has 2 N–H and O–H groups in total. The van der Waals surface area contributed by atoms with Crippen LogP contribution in [0.15, 0.2) is 24.3 Å². The molecule has 1 aromatic rings. The van der Waals surface area contributed by atoms with Gasteiger partial charge in [0, 0.05) is 23.4 Å². The van der Waals surface area contributed by atoms with Gasteiger partial charge in [-0.1, -0.05) is 23.7 Å². The molecular formula is C18H29ClN2+2. The Morgan fingerprint density at radius 2 is 1.67 bits per heavy atom. The Hall–Kier alpha value is -0.570. The molecule has 21 heavy (non-hydrogen) atoms. The van der Waals surface area contributed by atoms with E-state index in [-0.39, 0.29) is 0 Å². The molecule has 116 valence electrons. The molecule has 0 radical (unpaired) electrons. The third-order valence-corrected chi connectivity index (χ3v) is 5.59. The van der Waals surface area contributed by atoms with Crippen LogP contribution in [0.1, 0.15) is 44.1 Å². The lowest BCUT2D eigenvalue weighted by Crippen LogP contribution is -3.20. The molecule has 0 unspecified atom stereocenters. The van der Waals surface area contributed by atoms with Crippen LogP contribution >= 0.6 is 11.6 Å². The lowest BCUT2D eigenvalue weighted by atomic mass is 10.0. The van der Waals surface area contributed by atoms with Crippen molar-refractivity contribution in [3.63, 3.8) is 0 Å². The smallest absolute Gasteiger partial charge is 0.103 e. The number of halogens is 1. The Kier molecular flexibility index (Phi) is 5.56. The maximum absolute atomic E-state index is 6.09. The molecule has 0 aromatic heterocycles. The normalized spacial score (nSPS) is 28.2. The number of rotatable bonds is 3.